The Morgan fingerprint density at radius 1 is 1.28 bits per heavy atom. The standard InChI is InChI=1S/C14H19N3O/c1-9-8-12-15-13(11-6-4-3-5-7-11)16-17(12)14(18)10(9)2/h8,11H,3-7H2,1-2H3,(H,15,16). The second kappa shape index (κ2) is 4.26. The second-order valence-electron chi connectivity index (χ2n) is 5.39. The third kappa shape index (κ3) is 1.76. The number of aryl methyl sites for hydroxylation is 1. The summed E-state index contributed by atoms with van der Waals surface area (Å²) in [5.74, 6) is 1.48. The number of aromatic nitrogens is 3. The predicted octanol–water partition coefficient (Wildman–Crippen LogP) is 2.69. The van der Waals surface area contributed by atoms with Crippen LogP contribution >= 0.6 is 0 Å². The van der Waals surface area contributed by atoms with Crippen LogP contribution in [-0.2, 0) is 0 Å². The van der Waals surface area contributed by atoms with Crippen molar-refractivity contribution in [2.45, 2.75) is 51.9 Å². The molecule has 0 aromatic carbocycles. The fourth-order valence-corrected chi connectivity index (χ4v) is 2.82. The van der Waals surface area contributed by atoms with Crippen LogP contribution in [0.5, 0.6) is 0 Å². The van der Waals surface area contributed by atoms with E-state index in [-0.39, 0.29) is 5.56 Å². The smallest absolute Gasteiger partial charge is 0.274 e. The number of hydrogen-bond acceptors (Lipinski definition) is 2. The maximum Gasteiger partial charge on any atom is 0.274 e. The van der Waals surface area contributed by atoms with Gasteiger partial charge in [0, 0.05) is 11.5 Å². The molecule has 0 atom stereocenters. The fraction of sp³-hybridized carbons (Fsp3) is 0.571. The largest absolute Gasteiger partial charge is 0.276 e. The topological polar surface area (TPSA) is 50.2 Å². The quantitative estimate of drug-likeness (QED) is 0.839. The molecule has 0 unspecified atom stereocenters. The molecule has 0 bridgehead atoms. The third-order valence-electron chi connectivity index (χ3n) is 4.14. The molecule has 1 N–H and O–H groups in total. The number of pyridine rings is 1. The van der Waals surface area contributed by atoms with Crippen molar-refractivity contribution in [3.63, 3.8) is 0 Å². The van der Waals surface area contributed by atoms with Crippen LogP contribution < -0.4 is 5.56 Å². The predicted molar refractivity (Wildman–Crippen MR) is 71.1 cm³/mol. The molecule has 0 amide bonds. The highest BCUT2D eigenvalue weighted by atomic mass is 16.1. The van der Waals surface area contributed by atoms with E-state index in [0.717, 1.165) is 22.6 Å². The van der Waals surface area contributed by atoms with Gasteiger partial charge < -0.3 is 0 Å². The van der Waals surface area contributed by atoms with Gasteiger partial charge >= 0.3 is 0 Å². The van der Waals surface area contributed by atoms with Crippen LogP contribution in [0.2, 0.25) is 0 Å². The lowest BCUT2D eigenvalue weighted by Crippen LogP contribution is -2.18. The summed E-state index contributed by atoms with van der Waals surface area (Å²) >= 11 is 0. The summed E-state index contributed by atoms with van der Waals surface area (Å²) in [5, 5.41) is 3.19. The Balaban J connectivity index is 2.10. The average molecular weight is 245 g/mol. The summed E-state index contributed by atoms with van der Waals surface area (Å²) in [4.78, 5) is 16.7. The van der Waals surface area contributed by atoms with E-state index < -0.39 is 0 Å². The lowest BCUT2D eigenvalue weighted by molar-refractivity contribution is 0.428. The van der Waals surface area contributed by atoms with Crippen molar-refractivity contribution in [3.8, 4) is 0 Å². The van der Waals surface area contributed by atoms with E-state index in [2.05, 4.69) is 10.1 Å². The molecule has 2 aromatic heterocycles. The molecule has 0 aliphatic heterocycles. The minimum absolute atomic E-state index is 0.0274. The van der Waals surface area contributed by atoms with Crippen molar-refractivity contribution < 1.29 is 0 Å². The van der Waals surface area contributed by atoms with Crippen LogP contribution in [0.1, 0.15) is 55.0 Å². The Bertz CT molecular complexity index is 632. The van der Waals surface area contributed by atoms with Crippen molar-refractivity contribution in [2.24, 2.45) is 0 Å². The average Bonchev–Trinajstić information content (AvgIpc) is 2.81. The van der Waals surface area contributed by atoms with Gasteiger partial charge in [0.1, 0.15) is 5.82 Å². The van der Waals surface area contributed by atoms with Gasteiger partial charge in [-0.1, -0.05) is 19.3 Å². The molecule has 1 saturated carbocycles. The molecule has 0 radical (unpaired) electrons. The Morgan fingerprint density at radius 3 is 2.72 bits per heavy atom. The molecule has 4 heteroatoms. The number of hydrogen-bond donors (Lipinski definition) is 1. The molecule has 1 aliphatic carbocycles. The van der Waals surface area contributed by atoms with Crippen LogP contribution in [0.15, 0.2) is 10.9 Å². The van der Waals surface area contributed by atoms with E-state index in [0.29, 0.717) is 5.92 Å². The highest BCUT2D eigenvalue weighted by Crippen LogP contribution is 2.30. The highest BCUT2D eigenvalue weighted by molar-refractivity contribution is 5.43. The SMILES string of the molecule is Cc1cc2nc(C3CCCCC3)[nH]n2c(=O)c1C. The second-order valence-corrected chi connectivity index (χ2v) is 5.39. The molecular weight excluding hydrogens is 226 g/mol. The number of H-pyrrole nitrogens is 1. The van der Waals surface area contributed by atoms with Gasteiger partial charge in [-0.15, -0.1) is 0 Å². The molecule has 0 saturated heterocycles. The van der Waals surface area contributed by atoms with E-state index >= 15 is 0 Å². The molecule has 3 rings (SSSR count). The monoisotopic (exact) mass is 245 g/mol. The summed E-state index contributed by atoms with van der Waals surface area (Å²) in [5.41, 5.74) is 2.59. The summed E-state index contributed by atoms with van der Waals surface area (Å²) in [6, 6.07) is 1.99. The highest BCUT2D eigenvalue weighted by Gasteiger charge is 2.19. The molecule has 1 fully saturated rings. The maximum absolute atomic E-state index is 12.1. The molecule has 0 spiro atoms. The normalized spacial score (nSPS) is 17.4. The Kier molecular flexibility index (Phi) is 2.73. The number of aromatic amines is 1. The van der Waals surface area contributed by atoms with Crippen LogP contribution in [-0.4, -0.2) is 14.6 Å². The minimum atomic E-state index is 0.0274. The first-order valence-corrected chi connectivity index (χ1v) is 6.75. The number of nitrogens with zero attached hydrogens (tertiary/aromatic N) is 2. The Hall–Kier alpha value is -1.58. The zero-order valence-corrected chi connectivity index (χ0v) is 11.0. The zero-order valence-electron chi connectivity index (χ0n) is 11.0. The van der Waals surface area contributed by atoms with E-state index in [1.165, 1.54) is 32.1 Å². The summed E-state index contributed by atoms with van der Waals surface area (Å²) in [7, 11) is 0. The Labute approximate surface area is 106 Å². The minimum Gasteiger partial charge on any atom is -0.276 e. The van der Waals surface area contributed by atoms with Gasteiger partial charge in [0.05, 0.1) is 0 Å². The molecule has 96 valence electrons. The molecule has 18 heavy (non-hydrogen) atoms. The van der Waals surface area contributed by atoms with Crippen molar-refractivity contribution >= 4 is 5.65 Å². The van der Waals surface area contributed by atoms with E-state index in [4.69, 9.17) is 0 Å². The molecule has 1 aliphatic rings. The molecule has 2 heterocycles. The lowest BCUT2D eigenvalue weighted by atomic mass is 9.89. The van der Waals surface area contributed by atoms with Gasteiger partial charge in [0.2, 0.25) is 0 Å². The van der Waals surface area contributed by atoms with Gasteiger partial charge in [-0.3, -0.25) is 9.89 Å². The Morgan fingerprint density at radius 2 is 2.00 bits per heavy atom. The van der Waals surface area contributed by atoms with Gasteiger partial charge in [-0.25, -0.2) is 4.98 Å². The fourth-order valence-electron chi connectivity index (χ4n) is 2.82. The van der Waals surface area contributed by atoms with Crippen LogP contribution in [0.4, 0.5) is 0 Å². The first-order chi connectivity index (χ1) is 8.66. The van der Waals surface area contributed by atoms with E-state index in [1.807, 2.05) is 19.9 Å². The van der Waals surface area contributed by atoms with Gasteiger partial charge in [0.25, 0.3) is 5.56 Å². The summed E-state index contributed by atoms with van der Waals surface area (Å²) in [6.45, 7) is 3.83. The van der Waals surface area contributed by atoms with Gasteiger partial charge in [0.15, 0.2) is 5.65 Å². The van der Waals surface area contributed by atoms with Crippen LogP contribution in [0.25, 0.3) is 5.65 Å². The van der Waals surface area contributed by atoms with Crippen molar-refractivity contribution in [1.82, 2.24) is 14.6 Å². The van der Waals surface area contributed by atoms with Gasteiger partial charge in [-0.2, -0.15) is 4.52 Å². The number of nitrogens with one attached hydrogen (secondary N) is 1. The van der Waals surface area contributed by atoms with Crippen LogP contribution in [0.3, 0.4) is 0 Å². The summed E-state index contributed by atoms with van der Waals surface area (Å²) in [6.07, 6.45) is 6.25. The summed E-state index contributed by atoms with van der Waals surface area (Å²) < 4.78 is 1.59. The van der Waals surface area contributed by atoms with Crippen LogP contribution in [0, 0.1) is 13.8 Å². The van der Waals surface area contributed by atoms with E-state index in [9.17, 15) is 4.79 Å². The maximum atomic E-state index is 12.1. The van der Waals surface area contributed by atoms with Crippen molar-refractivity contribution in [3.05, 3.63) is 33.4 Å². The van der Waals surface area contributed by atoms with Crippen molar-refractivity contribution in [1.29, 1.82) is 0 Å². The zero-order chi connectivity index (χ0) is 12.7. The first kappa shape index (κ1) is 11.5. The molecule has 4 nitrogen and oxygen atoms in total. The number of fused-ring (bicyclic) bond motifs is 1. The van der Waals surface area contributed by atoms with Gasteiger partial charge in [-0.05, 0) is 38.3 Å². The number of rotatable bonds is 1. The third-order valence-corrected chi connectivity index (χ3v) is 4.14. The first-order valence-electron chi connectivity index (χ1n) is 6.75. The molecular formula is C14H19N3O. The molecule has 2 aromatic rings. The van der Waals surface area contributed by atoms with E-state index in [1.54, 1.807) is 4.52 Å². The van der Waals surface area contributed by atoms with Crippen molar-refractivity contribution in [2.75, 3.05) is 0 Å². The lowest BCUT2D eigenvalue weighted by Gasteiger charge is -2.18.